The first-order valence-corrected chi connectivity index (χ1v) is 6.05. The number of anilines is 1. The van der Waals surface area contributed by atoms with Crippen molar-refractivity contribution < 1.29 is 9.53 Å². The number of para-hydroxylation sites is 1. The van der Waals surface area contributed by atoms with E-state index in [1.54, 1.807) is 6.07 Å². The molecule has 0 saturated heterocycles. The molecule has 94 valence electrons. The van der Waals surface area contributed by atoms with E-state index in [0.717, 1.165) is 18.5 Å². The molecule has 0 atom stereocenters. The van der Waals surface area contributed by atoms with Gasteiger partial charge in [0.25, 0.3) is 0 Å². The number of hydrogen-bond acceptors (Lipinski definition) is 3. The molecule has 1 rings (SSSR count). The molecule has 0 fully saturated rings. The quantitative estimate of drug-likeness (QED) is 0.734. The van der Waals surface area contributed by atoms with Crippen molar-refractivity contribution in [2.24, 2.45) is 0 Å². The molecule has 1 aromatic carbocycles. The molecule has 1 aromatic rings. The maximum Gasteiger partial charge on any atom is 0.339 e. The van der Waals surface area contributed by atoms with Crippen molar-refractivity contribution in [1.29, 1.82) is 0 Å². The minimum Gasteiger partial charge on any atom is -0.465 e. The molecule has 3 nitrogen and oxygen atoms in total. The second-order valence-corrected chi connectivity index (χ2v) is 4.09. The summed E-state index contributed by atoms with van der Waals surface area (Å²) in [6, 6.07) is 8.02. The van der Waals surface area contributed by atoms with Crippen LogP contribution in [0.15, 0.2) is 24.3 Å². The zero-order valence-corrected chi connectivity index (χ0v) is 11.1. The molecule has 0 aliphatic heterocycles. The Bertz CT molecular complexity index is 372. The second-order valence-electron chi connectivity index (χ2n) is 4.09. The van der Waals surface area contributed by atoms with Crippen LogP contribution in [0.1, 0.15) is 37.0 Å². The van der Waals surface area contributed by atoms with Crippen molar-refractivity contribution in [1.82, 2.24) is 0 Å². The monoisotopic (exact) mass is 235 g/mol. The summed E-state index contributed by atoms with van der Waals surface area (Å²) in [5, 5.41) is 0. The fourth-order valence-corrected chi connectivity index (χ4v) is 2.10. The van der Waals surface area contributed by atoms with Gasteiger partial charge in [-0.2, -0.15) is 0 Å². The molecule has 0 N–H and O–H groups in total. The maximum absolute atomic E-state index is 11.7. The van der Waals surface area contributed by atoms with Crippen LogP contribution < -0.4 is 4.90 Å². The van der Waals surface area contributed by atoms with Gasteiger partial charge in [-0.1, -0.05) is 26.0 Å². The summed E-state index contributed by atoms with van der Waals surface area (Å²) in [7, 11) is 3.44. The topological polar surface area (TPSA) is 29.5 Å². The SMILES string of the molecule is CCC(CC)N(C)c1ccccc1C(=O)OC. The molecule has 0 amide bonds. The highest BCUT2D eigenvalue weighted by Gasteiger charge is 2.18. The lowest BCUT2D eigenvalue weighted by atomic mass is 10.1. The molecule has 0 unspecified atom stereocenters. The Kier molecular flexibility index (Phi) is 5.01. The van der Waals surface area contributed by atoms with Gasteiger partial charge in [-0.3, -0.25) is 0 Å². The van der Waals surface area contributed by atoms with Gasteiger partial charge in [0.05, 0.1) is 18.4 Å². The lowest BCUT2D eigenvalue weighted by Gasteiger charge is -2.29. The van der Waals surface area contributed by atoms with E-state index >= 15 is 0 Å². The lowest BCUT2D eigenvalue weighted by molar-refractivity contribution is 0.0601. The van der Waals surface area contributed by atoms with Crippen LogP contribution in [-0.2, 0) is 4.74 Å². The van der Waals surface area contributed by atoms with Crippen LogP contribution in [0, 0.1) is 0 Å². The number of rotatable bonds is 5. The van der Waals surface area contributed by atoms with Crippen molar-refractivity contribution >= 4 is 11.7 Å². The van der Waals surface area contributed by atoms with E-state index in [-0.39, 0.29) is 5.97 Å². The second kappa shape index (κ2) is 6.28. The summed E-state index contributed by atoms with van der Waals surface area (Å²) in [6.07, 6.45) is 2.12. The Balaban J connectivity index is 3.08. The normalized spacial score (nSPS) is 10.4. The molecule has 0 saturated carbocycles. The number of esters is 1. The first-order valence-electron chi connectivity index (χ1n) is 6.05. The average Bonchev–Trinajstić information content (AvgIpc) is 2.39. The molecule has 0 radical (unpaired) electrons. The van der Waals surface area contributed by atoms with Gasteiger partial charge in [0.15, 0.2) is 0 Å². The van der Waals surface area contributed by atoms with Crippen LogP contribution in [0.5, 0.6) is 0 Å². The summed E-state index contributed by atoms with van der Waals surface area (Å²) in [5.74, 6) is -0.279. The molecule has 0 bridgehead atoms. The van der Waals surface area contributed by atoms with E-state index in [1.165, 1.54) is 7.11 Å². The van der Waals surface area contributed by atoms with E-state index in [9.17, 15) is 4.79 Å². The fourth-order valence-electron chi connectivity index (χ4n) is 2.10. The van der Waals surface area contributed by atoms with Crippen LogP contribution in [0.25, 0.3) is 0 Å². The van der Waals surface area contributed by atoms with Gasteiger partial charge in [-0.15, -0.1) is 0 Å². The average molecular weight is 235 g/mol. The third-order valence-electron chi connectivity index (χ3n) is 3.18. The Labute approximate surface area is 103 Å². The Morgan fingerprint density at radius 2 is 1.88 bits per heavy atom. The van der Waals surface area contributed by atoms with Crippen molar-refractivity contribution in [2.45, 2.75) is 32.7 Å². The van der Waals surface area contributed by atoms with Crippen LogP contribution in [-0.4, -0.2) is 26.2 Å². The molecule has 0 aromatic heterocycles. The molecule has 0 spiro atoms. The molecule has 0 aliphatic carbocycles. The highest BCUT2D eigenvalue weighted by Crippen LogP contribution is 2.23. The molecular formula is C14H21NO2. The minimum absolute atomic E-state index is 0.279. The van der Waals surface area contributed by atoms with Crippen LogP contribution in [0.2, 0.25) is 0 Å². The van der Waals surface area contributed by atoms with Gasteiger partial charge in [0.2, 0.25) is 0 Å². The number of carbonyl (C=O) groups excluding carboxylic acids is 1. The summed E-state index contributed by atoms with van der Waals surface area (Å²) in [6.45, 7) is 4.32. The zero-order valence-electron chi connectivity index (χ0n) is 11.1. The molecule has 0 heterocycles. The number of ether oxygens (including phenoxy) is 1. The molecule has 17 heavy (non-hydrogen) atoms. The summed E-state index contributed by atoms with van der Waals surface area (Å²) in [5.41, 5.74) is 1.57. The predicted octanol–water partition coefficient (Wildman–Crippen LogP) is 3.10. The van der Waals surface area contributed by atoms with Crippen molar-refractivity contribution in [2.75, 3.05) is 19.1 Å². The van der Waals surface area contributed by atoms with Gasteiger partial charge in [0.1, 0.15) is 0 Å². The molecule has 0 aliphatic rings. The zero-order chi connectivity index (χ0) is 12.8. The number of nitrogens with zero attached hydrogens (tertiary/aromatic N) is 1. The standard InChI is InChI=1S/C14H21NO2/c1-5-11(6-2)15(3)13-10-8-7-9-12(13)14(16)17-4/h7-11H,5-6H2,1-4H3. The van der Waals surface area contributed by atoms with E-state index in [4.69, 9.17) is 4.74 Å². The van der Waals surface area contributed by atoms with Gasteiger partial charge < -0.3 is 9.64 Å². The minimum atomic E-state index is -0.279. The third-order valence-corrected chi connectivity index (χ3v) is 3.18. The van der Waals surface area contributed by atoms with Crippen molar-refractivity contribution in [3.63, 3.8) is 0 Å². The summed E-state index contributed by atoms with van der Waals surface area (Å²) < 4.78 is 4.81. The number of carbonyl (C=O) groups is 1. The highest BCUT2D eigenvalue weighted by molar-refractivity contribution is 5.95. The first-order chi connectivity index (χ1) is 8.15. The van der Waals surface area contributed by atoms with Gasteiger partial charge in [-0.05, 0) is 25.0 Å². The molecular weight excluding hydrogens is 214 g/mol. The first kappa shape index (κ1) is 13.6. The fraction of sp³-hybridized carbons (Fsp3) is 0.500. The number of benzene rings is 1. The Hall–Kier alpha value is -1.51. The summed E-state index contributed by atoms with van der Waals surface area (Å²) >= 11 is 0. The van der Waals surface area contributed by atoms with E-state index < -0.39 is 0 Å². The molecule has 3 heteroatoms. The van der Waals surface area contributed by atoms with Crippen LogP contribution >= 0.6 is 0 Å². The van der Waals surface area contributed by atoms with Crippen molar-refractivity contribution in [3.05, 3.63) is 29.8 Å². The summed E-state index contributed by atoms with van der Waals surface area (Å²) in [4.78, 5) is 13.8. The number of hydrogen-bond donors (Lipinski definition) is 0. The predicted molar refractivity (Wildman–Crippen MR) is 70.6 cm³/mol. The largest absolute Gasteiger partial charge is 0.465 e. The van der Waals surface area contributed by atoms with E-state index in [2.05, 4.69) is 18.7 Å². The van der Waals surface area contributed by atoms with Gasteiger partial charge in [0, 0.05) is 13.1 Å². The van der Waals surface area contributed by atoms with Crippen LogP contribution in [0.4, 0.5) is 5.69 Å². The van der Waals surface area contributed by atoms with Crippen molar-refractivity contribution in [3.8, 4) is 0 Å². The number of methoxy groups -OCH3 is 1. The van der Waals surface area contributed by atoms with Gasteiger partial charge >= 0.3 is 5.97 Å². The van der Waals surface area contributed by atoms with E-state index in [0.29, 0.717) is 11.6 Å². The third kappa shape index (κ3) is 2.99. The van der Waals surface area contributed by atoms with E-state index in [1.807, 2.05) is 25.2 Å². The Morgan fingerprint density at radius 1 is 1.29 bits per heavy atom. The lowest BCUT2D eigenvalue weighted by Crippen LogP contribution is -2.31. The highest BCUT2D eigenvalue weighted by atomic mass is 16.5. The maximum atomic E-state index is 11.7. The van der Waals surface area contributed by atoms with Crippen LogP contribution in [0.3, 0.4) is 0 Å². The van der Waals surface area contributed by atoms with Gasteiger partial charge in [-0.25, -0.2) is 4.79 Å². The Morgan fingerprint density at radius 3 is 2.41 bits per heavy atom. The smallest absolute Gasteiger partial charge is 0.339 e.